The van der Waals surface area contributed by atoms with Crippen LogP contribution in [0.25, 0.3) is 6.08 Å². The Morgan fingerprint density at radius 2 is 1.58 bits per heavy atom. The Kier molecular flexibility index (Phi) is 4.24. The lowest BCUT2D eigenvalue weighted by molar-refractivity contribution is -0.0119. The van der Waals surface area contributed by atoms with Crippen LogP contribution in [0.3, 0.4) is 0 Å². The summed E-state index contributed by atoms with van der Waals surface area (Å²) in [5.74, 6) is 4.04. The van der Waals surface area contributed by atoms with Crippen molar-refractivity contribution in [1.82, 2.24) is 5.32 Å². The zero-order chi connectivity index (χ0) is 16.7. The molecule has 0 saturated heterocycles. The molecular formula is C22H29NO. The molecule has 0 heterocycles. The van der Waals surface area contributed by atoms with E-state index in [9.17, 15) is 4.79 Å². The molecule has 0 radical (unpaired) electrons. The van der Waals surface area contributed by atoms with E-state index in [1.165, 1.54) is 32.1 Å². The fourth-order valence-corrected chi connectivity index (χ4v) is 5.44. The molecule has 1 N–H and O–H groups in total. The molecule has 4 bridgehead atoms. The second kappa shape index (κ2) is 6.38. The van der Waals surface area contributed by atoms with Gasteiger partial charge < -0.3 is 5.32 Å². The van der Waals surface area contributed by atoms with Crippen LogP contribution >= 0.6 is 0 Å². The first-order chi connectivity index (χ1) is 11.6. The Bertz CT molecular complexity index is 600. The summed E-state index contributed by atoms with van der Waals surface area (Å²) >= 11 is 0. The maximum atomic E-state index is 12.7. The predicted molar refractivity (Wildman–Crippen MR) is 98.6 cm³/mol. The molecule has 24 heavy (non-hydrogen) atoms. The van der Waals surface area contributed by atoms with Crippen molar-refractivity contribution in [2.24, 2.45) is 29.6 Å². The van der Waals surface area contributed by atoms with E-state index in [-0.39, 0.29) is 5.91 Å². The van der Waals surface area contributed by atoms with Gasteiger partial charge in [-0.3, -0.25) is 4.79 Å². The molecule has 0 atom stereocenters. The molecular weight excluding hydrogens is 294 g/mol. The predicted octanol–water partition coefficient (Wildman–Crippen LogP) is 4.91. The van der Waals surface area contributed by atoms with E-state index in [1.54, 1.807) is 0 Å². The maximum Gasteiger partial charge on any atom is 0.251 e. The van der Waals surface area contributed by atoms with Crippen LogP contribution in [0, 0.1) is 29.6 Å². The van der Waals surface area contributed by atoms with Gasteiger partial charge in [-0.2, -0.15) is 0 Å². The van der Waals surface area contributed by atoms with Gasteiger partial charge in [0.15, 0.2) is 0 Å². The Morgan fingerprint density at radius 3 is 2.12 bits per heavy atom. The number of allylic oxidation sites excluding steroid dienone is 1. The molecule has 0 unspecified atom stereocenters. The first-order valence-corrected chi connectivity index (χ1v) is 9.67. The van der Waals surface area contributed by atoms with Crippen LogP contribution in [0.15, 0.2) is 30.3 Å². The highest BCUT2D eigenvalue weighted by Gasteiger charge is 2.48. The van der Waals surface area contributed by atoms with Gasteiger partial charge in [0.05, 0.1) is 0 Å². The summed E-state index contributed by atoms with van der Waals surface area (Å²) in [5, 5.41) is 3.39. The van der Waals surface area contributed by atoms with Crippen molar-refractivity contribution in [3.05, 3.63) is 41.5 Å². The van der Waals surface area contributed by atoms with Gasteiger partial charge in [0.2, 0.25) is 0 Å². The minimum atomic E-state index is 0.117. The van der Waals surface area contributed by atoms with E-state index >= 15 is 0 Å². The average molecular weight is 323 g/mol. The van der Waals surface area contributed by atoms with Crippen molar-refractivity contribution in [2.45, 2.75) is 52.0 Å². The molecule has 1 aromatic carbocycles. The summed E-state index contributed by atoms with van der Waals surface area (Å²) in [6.07, 6.45) is 11.1. The normalized spacial score (nSPS) is 34.2. The smallest absolute Gasteiger partial charge is 0.251 e. The number of amides is 1. The highest BCUT2D eigenvalue weighted by atomic mass is 16.1. The zero-order valence-electron chi connectivity index (χ0n) is 14.9. The number of nitrogens with one attached hydrogen (secondary N) is 1. The number of hydrogen-bond acceptors (Lipinski definition) is 1. The third-order valence-corrected chi connectivity index (χ3v) is 6.37. The molecule has 4 aliphatic carbocycles. The number of carbonyl (C=O) groups is 1. The van der Waals surface area contributed by atoms with Crippen molar-refractivity contribution in [2.75, 3.05) is 0 Å². The lowest BCUT2D eigenvalue weighted by atomic mass is 9.54. The Morgan fingerprint density at radius 1 is 1.00 bits per heavy atom. The molecule has 1 aromatic rings. The third kappa shape index (κ3) is 3.16. The summed E-state index contributed by atoms with van der Waals surface area (Å²) in [7, 11) is 0. The van der Waals surface area contributed by atoms with Crippen molar-refractivity contribution in [3.63, 3.8) is 0 Å². The summed E-state index contributed by atoms with van der Waals surface area (Å²) in [4.78, 5) is 12.7. The standard InChI is InChI=1S/C22H29NO/c1-14(2)3-4-15-5-7-18(8-6-15)22(24)23-21-19-10-16-9-17(12-19)13-20(21)11-16/h3-8,14,16-17,19-21H,9-13H2,1-2H3,(H,23,24)/b4-3+. The topological polar surface area (TPSA) is 29.1 Å². The molecule has 2 heteroatoms. The van der Waals surface area contributed by atoms with Gasteiger partial charge in [0.25, 0.3) is 5.91 Å². The van der Waals surface area contributed by atoms with E-state index in [1.807, 2.05) is 24.3 Å². The van der Waals surface area contributed by atoms with E-state index < -0.39 is 0 Å². The van der Waals surface area contributed by atoms with Crippen molar-refractivity contribution in [1.29, 1.82) is 0 Å². The molecule has 5 rings (SSSR count). The van der Waals surface area contributed by atoms with Crippen LogP contribution in [0.2, 0.25) is 0 Å². The van der Waals surface area contributed by atoms with Gasteiger partial charge in [0.1, 0.15) is 0 Å². The van der Waals surface area contributed by atoms with E-state index in [2.05, 4.69) is 31.3 Å². The van der Waals surface area contributed by atoms with Crippen LogP contribution in [0.1, 0.15) is 61.9 Å². The number of hydrogen-bond donors (Lipinski definition) is 1. The summed E-state index contributed by atoms with van der Waals surface area (Å²) in [5.41, 5.74) is 1.96. The number of carbonyl (C=O) groups excluding carboxylic acids is 1. The van der Waals surface area contributed by atoms with Crippen LogP contribution in [0.4, 0.5) is 0 Å². The summed E-state index contributed by atoms with van der Waals surface area (Å²) in [6.45, 7) is 4.34. The Hall–Kier alpha value is -1.57. The first kappa shape index (κ1) is 15.9. The van der Waals surface area contributed by atoms with Gasteiger partial charge in [-0.15, -0.1) is 0 Å². The number of rotatable bonds is 4. The maximum absolute atomic E-state index is 12.7. The molecule has 2 nitrogen and oxygen atoms in total. The Balaban J connectivity index is 1.41. The fourth-order valence-electron chi connectivity index (χ4n) is 5.44. The minimum absolute atomic E-state index is 0.117. The molecule has 128 valence electrons. The fraction of sp³-hybridized carbons (Fsp3) is 0.591. The summed E-state index contributed by atoms with van der Waals surface area (Å²) in [6, 6.07) is 8.44. The van der Waals surface area contributed by atoms with Crippen LogP contribution < -0.4 is 5.32 Å². The molecule has 0 spiro atoms. The zero-order valence-corrected chi connectivity index (χ0v) is 14.9. The highest BCUT2D eigenvalue weighted by molar-refractivity contribution is 5.94. The molecule has 1 amide bonds. The van der Waals surface area contributed by atoms with Gasteiger partial charge in [-0.25, -0.2) is 0 Å². The van der Waals surface area contributed by atoms with Gasteiger partial charge in [-0.1, -0.05) is 38.1 Å². The second-order valence-corrected chi connectivity index (χ2v) is 8.66. The molecule has 0 aromatic heterocycles. The van der Waals surface area contributed by atoms with Gasteiger partial charge in [-0.05, 0) is 79.4 Å². The van der Waals surface area contributed by atoms with E-state index in [0.717, 1.165) is 34.8 Å². The van der Waals surface area contributed by atoms with Crippen molar-refractivity contribution in [3.8, 4) is 0 Å². The average Bonchev–Trinajstić information content (AvgIpc) is 2.56. The highest BCUT2D eigenvalue weighted by Crippen LogP contribution is 2.53. The molecule has 4 saturated carbocycles. The van der Waals surface area contributed by atoms with E-state index in [4.69, 9.17) is 0 Å². The van der Waals surface area contributed by atoms with Gasteiger partial charge >= 0.3 is 0 Å². The lowest BCUT2D eigenvalue weighted by Crippen LogP contribution is -2.55. The largest absolute Gasteiger partial charge is 0.349 e. The Labute approximate surface area is 145 Å². The molecule has 4 fully saturated rings. The van der Waals surface area contributed by atoms with Crippen LogP contribution in [0.5, 0.6) is 0 Å². The minimum Gasteiger partial charge on any atom is -0.349 e. The van der Waals surface area contributed by atoms with Crippen molar-refractivity contribution < 1.29 is 4.79 Å². The molecule has 4 aliphatic rings. The van der Waals surface area contributed by atoms with Crippen LogP contribution in [-0.2, 0) is 0 Å². The number of benzene rings is 1. The first-order valence-electron chi connectivity index (χ1n) is 9.67. The third-order valence-electron chi connectivity index (χ3n) is 6.37. The molecule has 0 aliphatic heterocycles. The van der Waals surface area contributed by atoms with Gasteiger partial charge in [0, 0.05) is 11.6 Å². The quantitative estimate of drug-likeness (QED) is 0.838. The summed E-state index contributed by atoms with van der Waals surface area (Å²) < 4.78 is 0. The van der Waals surface area contributed by atoms with Crippen LogP contribution in [-0.4, -0.2) is 11.9 Å². The van der Waals surface area contributed by atoms with Crippen molar-refractivity contribution >= 4 is 12.0 Å². The second-order valence-electron chi connectivity index (χ2n) is 8.66. The SMILES string of the molecule is CC(C)/C=C/c1ccc(C(=O)NC2C3CC4CC(C3)CC2C4)cc1. The van der Waals surface area contributed by atoms with E-state index in [0.29, 0.717) is 12.0 Å². The lowest BCUT2D eigenvalue weighted by Gasteiger charge is -2.54. The monoisotopic (exact) mass is 323 g/mol.